The van der Waals surface area contributed by atoms with Gasteiger partial charge in [-0.05, 0) is 37.3 Å². The third kappa shape index (κ3) is 3.40. The highest BCUT2D eigenvalue weighted by atomic mass is 35.5. The number of carboxylic acid groups (broad SMARTS) is 1. The second kappa shape index (κ2) is 6.81. The molecule has 6 heteroatoms. The average molecular weight is 338 g/mol. The van der Waals surface area contributed by atoms with Crippen molar-refractivity contribution < 1.29 is 14.7 Å². The van der Waals surface area contributed by atoms with Crippen LogP contribution in [0.5, 0.6) is 0 Å². The fourth-order valence-corrected chi connectivity index (χ4v) is 2.27. The lowest BCUT2D eigenvalue weighted by atomic mass is 10.1. The van der Waals surface area contributed by atoms with Crippen LogP contribution in [-0.4, -0.2) is 23.0 Å². The minimum absolute atomic E-state index is 0.252. The van der Waals surface area contributed by atoms with Crippen LogP contribution in [0.3, 0.4) is 0 Å². The van der Waals surface area contributed by atoms with Crippen molar-refractivity contribution in [1.29, 1.82) is 0 Å². The highest BCUT2D eigenvalue weighted by molar-refractivity contribution is 6.42. The fraction of sp³-hybridized carbons (Fsp3) is 0.125. The van der Waals surface area contributed by atoms with Crippen molar-refractivity contribution in [2.45, 2.75) is 13.0 Å². The summed E-state index contributed by atoms with van der Waals surface area (Å²) in [5.41, 5.74) is 0.764. The van der Waals surface area contributed by atoms with Gasteiger partial charge in [0, 0.05) is 11.3 Å². The molecular formula is C16H13Cl2NO3. The van der Waals surface area contributed by atoms with E-state index in [2.05, 4.69) is 0 Å². The first-order chi connectivity index (χ1) is 10.4. The molecule has 22 heavy (non-hydrogen) atoms. The van der Waals surface area contributed by atoms with Crippen LogP contribution >= 0.6 is 23.2 Å². The molecule has 0 spiro atoms. The van der Waals surface area contributed by atoms with Crippen molar-refractivity contribution >= 4 is 40.8 Å². The van der Waals surface area contributed by atoms with E-state index in [1.807, 2.05) is 0 Å². The Balaban J connectivity index is 2.49. The van der Waals surface area contributed by atoms with Crippen molar-refractivity contribution in [1.82, 2.24) is 0 Å². The van der Waals surface area contributed by atoms with Gasteiger partial charge in [-0.3, -0.25) is 9.69 Å². The van der Waals surface area contributed by atoms with Crippen molar-refractivity contribution in [3.05, 3.63) is 64.1 Å². The van der Waals surface area contributed by atoms with Gasteiger partial charge in [0.15, 0.2) is 0 Å². The van der Waals surface area contributed by atoms with Crippen LogP contribution in [-0.2, 0) is 4.79 Å². The molecule has 0 saturated heterocycles. The molecule has 0 unspecified atom stereocenters. The summed E-state index contributed by atoms with van der Waals surface area (Å²) in [5, 5.41) is 9.87. The molecule has 0 aliphatic heterocycles. The Kier molecular flexibility index (Phi) is 5.06. The summed E-state index contributed by atoms with van der Waals surface area (Å²) in [6, 6.07) is 12.0. The third-order valence-electron chi connectivity index (χ3n) is 3.17. The molecule has 0 radical (unpaired) electrons. The number of carboxylic acids is 1. The van der Waals surface area contributed by atoms with Gasteiger partial charge in [0.05, 0.1) is 10.0 Å². The molecule has 0 aliphatic carbocycles. The van der Waals surface area contributed by atoms with Crippen LogP contribution in [0.4, 0.5) is 5.69 Å². The van der Waals surface area contributed by atoms with Crippen LogP contribution in [0.1, 0.15) is 17.3 Å². The Labute approximate surface area is 137 Å². The minimum Gasteiger partial charge on any atom is -0.480 e. The molecule has 0 aromatic heterocycles. The monoisotopic (exact) mass is 337 g/mol. The highest BCUT2D eigenvalue weighted by Crippen LogP contribution is 2.29. The normalized spacial score (nSPS) is 11.8. The number of carbonyl (C=O) groups excluding carboxylic acids is 1. The first kappa shape index (κ1) is 16.3. The minimum atomic E-state index is -1.12. The maximum Gasteiger partial charge on any atom is 0.326 e. The highest BCUT2D eigenvalue weighted by Gasteiger charge is 2.28. The van der Waals surface area contributed by atoms with E-state index in [1.54, 1.807) is 36.4 Å². The van der Waals surface area contributed by atoms with E-state index in [9.17, 15) is 14.7 Å². The first-order valence-electron chi connectivity index (χ1n) is 6.48. The molecule has 0 aliphatic rings. The molecule has 2 rings (SSSR count). The summed E-state index contributed by atoms with van der Waals surface area (Å²) in [4.78, 5) is 25.2. The molecule has 1 atom stereocenters. The fourth-order valence-electron chi connectivity index (χ4n) is 1.98. The molecule has 2 aromatic rings. The van der Waals surface area contributed by atoms with Gasteiger partial charge in [0.2, 0.25) is 0 Å². The summed E-state index contributed by atoms with van der Waals surface area (Å²) in [6.07, 6.45) is 0. The van der Waals surface area contributed by atoms with Crippen molar-refractivity contribution in [3.63, 3.8) is 0 Å². The Morgan fingerprint density at radius 2 is 1.68 bits per heavy atom. The van der Waals surface area contributed by atoms with E-state index < -0.39 is 17.9 Å². The van der Waals surface area contributed by atoms with E-state index in [1.165, 1.54) is 24.0 Å². The maximum absolute atomic E-state index is 12.7. The van der Waals surface area contributed by atoms with Crippen LogP contribution in [0, 0.1) is 0 Å². The number of benzene rings is 2. The lowest BCUT2D eigenvalue weighted by Crippen LogP contribution is -2.43. The number of amides is 1. The standard InChI is InChI=1S/C16H13Cl2NO3/c1-10(16(21)22)19(12-7-8-13(17)14(18)9-12)15(20)11-5-3-2-4-6-11/h2-10H,1H3,(H,21,22)/t10-/m0/s1. The van der Waals surface area contributed by atoms with E-state index >= 15 is 0 Å². The SMILES string of the molecule is C[C@@H](C(=O)O)N(C(=O)c1ccccc1)c1ccc(Cl)c(Cl)c1. The Morgan fingerprint density at radius 3 is 2.23 bits per heavy atom. The van der Waals surface area contributed by atoms with Gasteiger partial charge in [-0.2, -0.15) is 0 Å². The number of aliphatic carboxylic acids is 1. The van der Waals surface area contributed by atoms with Crippen molar-refractivity contribution in [2.75, 3.05) is 4.90 Å². The zero-order valence-corrected chi connectivity index (χ0v) is 13.2. The van der Waals surface area contributed by atoms with Crippen LogP contribution in [0.15, 0.2) is 48.5 Å². The summed E-state index contributed by atoms with van der Waals surface area (Å²) >= 11 is 11.8. The smallest absolute Gasteiger partial charge is 0.326 e. The topological polar surface area (TPSA) is 57.6 Å². The number of halogens is 2. The molecule has 1 amide bonds. The van der Waals surface area contributed by atoms with Crippen molar-refractivity contribution in [3.8, 4) is 0 Å². The van der Waals surface area contributed by atoms with Gasteiger partial charge in [-0.25, -0.2) is 4.79 Å². The van der Waals surface area contributed by atoms with Crippen LogP contribution in [0.25, 0.3) is 0 Å². The first-order valence-corrected chi connectivity index (χ1v) is 7.24. The van der Waals surface area contributed by atoms with Gasteiger partial charge in [0.25, 0.3) is 5.91 Å². The number of rotatable bonds is 4. The van der Waals surface area contributed by atoms with Crippen LogP contribution in [0.2, 0.25) is 10.0 Å². The van der Waals surface area contributed by atoms with E-state index in [-0.39, 0.29) is 5.02 Å². The summed E-state index contributed by atoms with van der Waals surface area (Å²) in [6.45, 7) is 1.44. The van der Waals surface area contributed by atoms with Gasteiger partial charge in [0.1, 0.15) is 6.04 Å². The third-order valence-corrected chi connectivity index (χ3v) is 3.90. The number of nitrogens with zero attached hydrogens (tertiary/aromatic N) is 1. The molecule has 0 saturated carbocycles. The lowest BCUT2D eigenvalue weighted by Gasteiger charge is -2.27. The van der Waals surface area contributed by atoms with Crippen LogP contribution < -0.4 is 4.90 Å². The second-order valence-corrected chi connectivity index (χ2v) is 5.47. The van der Waals surface area contributed by atoms with Gasteiger partial charge >= 0.3 is 5.97 Å². The Morgan fingerprint density at radius 1 is 1.05 bits per heavy atom. The quantitative estimate of drug-likeness (QED) is 0.913. The van der Waals surface area contributed by atoms with Gasteiger partial charge in [-0.1, -0.05) is 41.4 Å². The van der Waals surface area contributed by atoms with E-state index in [4.69, 9.17) is 23.2 Å². The zero-order chi connectivity index (χ0) is 16.3. The summed E-state index contributed by atoms with van der Waals surface area (Å²) in [5.74, 6) is -1.54. The Bertz CT molecular complexity index is 704. The molecule has 0 heterocycles. The largest absolute Gasteiger partial charge is 0.480 e. The predicted molar refractivity (Wildman–Crippen MR) is 86.8 cm³/mol. The molecular weight excluding hydrogens is 325 g/mol. The Hall–Kier alpha value is -2.04. The molecule has 4 nitrogen and oxygen atoms in total. The van der Waals surface area contributed by atoms with Gasteiger partial charge < -0.3 is 5.11 Å². The number of hydrogen-bond acceptors (Lipinski definition) is 2. The van der Waals surface area contributed by atoms with Crippen molar-refractivity contribution in [2.24, 2.45) is 0 Å². The van der Waals surface area contributed by atoms with Gasteiger partial charge in [-0.15, -0.1) is 0 Å². The van der Waals surface area contributed by atoms with E-state index in [0.717, 1.165) is 0 Å². The second-order valence-electron chi connectivity index (χ2n) is 4.65. The maximum atomic E-state index is 12.7. The molecule has 114 valence electrons. The predicted octanol–water partition coefficient (Wildman–Crippen LogP) is 4.11. The number of hydrogen-bond donors (Lipinski definition) is 1. The number of anilines is 1. The summed E-state index contributed by atoms with van der Waals surface area (Å²) in [7, 11) is 0. The summed E-state index contributed by atoms with van der Waals surface area (Å²) < 4.78 is 0. The molecule has 1 N–H and O–H groups in total. The van der Waals surface area contributed by atoms with E-state index in [0.29, 0.717) is 16.3 Å². The zero-order valence-electron chi connectivity index (χ0n) is 11.7. The molecule has 0 fully saturated rings. The number of carbonyl (C=O) groups is 2. The molecule has 2 aromatic carbocycles. The average Bonchev–Trinajstić information content (AvgIpc) is 2.51. The molecule has 0 bridgehead atoms. The lowest BCUT2D eigenvalue weighted by molar-refractivity contribution is -0.138.